The number of anilines is 1. The number of likely N-dealkylation sites (tertiary alicyclic amines) is 1. The molecule has 3 rings (SSSR count). The molecule has 2 aromatic rings. The average molecular weight is 433 g/mol. The molecule has 6 nitrogen and oxygen atoms in total. The van der Waals surface area contributed by atoms with E-state index in [1.54, 1.807) is 9.58 Å². The van der Waals surface area contributed by atoms with Crippen LogP contribution >= 0.6 is 15.9 Å². The summed E-state index contributed by atoms with van der Waals surface area (Å²) in [5.74, 6) is 0.531. The Morgan fingerprint density at radius 2 is 1.89 bits per heavy atom. The lowest BCUT2D eigenvalue weighted by Gasteiger charge is -2.24. The quantitative estimate of drug-likeness (QED) is 0.796. The average Bonchev–Trinajstić information content (AvgIpc) is 2.89. The van der Waals surface area contributed by atoms with Gasteiger partial charge in [-0.3, -0.25) is 14.3 Å². The molecule has 144 valence electrons. The van der Waals surface area contributed by atoms with Gasteiger partial charge in [-0.25, -0.2) is 0 Å². The summed E-state index contributed by atoms with van der Waals surface area (Å²) in [6.07, 6.45) is 4.60. The number of halogens is 1. The zero-order chi connectivity index (χ0) is 19.4. The highest BCUT2D eigenvalue weighted by Crippen LogP contribution is 2.31. The molecule has 0 saturated carbocycles. The summed E-state index contributed by atoms with van der Waals surface area (Å²) in [6, 6.07) is 7.91. The maximum atomic E-state index is 12.7. The number of aromatic nitrogens is 2. The van der Waals surface area contributed by atoms with Crippen LogP contribution in [-0.4, -0.2) is 39.6 Å². The Bertz CT molecular complexity index is 829. The molecule has 0 unspecified atom stereocenters. The van der Waals surface area contributed by atoms with Crippen molar-refractivity contribution < 1.29 is 9.59 Å². The van der Waals surface area contributed by atoms with Crippen LogP contribution < -0.4 is 5.32 Å². The zero-order valence-corrected chi connectivity index (χ0v) is 17.4. The van der Waals surface area contributed by atoms with Crippen molar-refractivity contribution in [3.05, 3.63) is 34.4 Å². The first-order valence-electron chi connectivity index (χ1n) is 9.33. The molecule has 0 atom stereocenters. The molecule has 7 heteroatoms. The maximum absolute atomic E-state index is 12.7. The van der Waals surface area contributed by atoms with E-state index in [0.29, 0.717) is 18.8 Å². The molecule has 1 saturated heterocycles. The van der Waals surface area contributed by atoms with Crippen LogP contribution in [0.5, 0.6) is 0 Å². The van der Waals surface area contributed by atoms with E-state index >= 15 is 0 Å². The largest absolute Gasteiger partial charge is 0.333 e. The number of carbonyl (C=O) groups is 2. The highest BCUT2D eigenvalue weighted by atomic mass is 79.9. The monoisotopic (exact) mass is 432 g/mol. The van der Waals surface area contributed by atoms with Crippen molar-refractivity contribution in [3.63, 3.8) is 0 Å². The lowest BCUT2D eigenvalue weighted by atomic mass is 10.1. The first-order chi connectivity index (χ1) is 13.0. The molecule has 27 heavy (non-hydrogen) atoms. The van der Waals surface area contributed by atoms with Crippen molar-refractivity contribution in [2.24, 2.45) is 7.05 Å². The molecule has 0 spiro atoms. The van der Waals surface area contributed by atoms with Crippen LogP contribution in [0.1, 0.15) is 37.8 Å². The van der Waals surface area contributed by atoms with E-state index < -0.39 is 0 Å². The standard InChI is InChI=1S/C20H25BrN4O2/c1-14-19(15-8-10-16(21)11-9-15)20(24(2)23-14)22-17(26)13-25-12-6-4-3-5-7-18(25)27/h8-11H,3-7,12-13H2,1-2H3,(H,22,26). The topological polar surface area (TPSA) is 67.2 Å². The third kappa shape index (κ3) is 4.77. The molecular formula is C20H25BrN4O2. The number of hydrogen-bond donors (Lipinski definition) is 1. The van der Waals surface area contributed by atoms with E-state index in [4.69, 9.17) is 0 Å². The number of rotatable bonds is 4. The number of nitrogens with zero attached hydrogens (tertiary/aromatic N) is 3. The number of nitrogens with one attached hydrogen (secondary N) is 1. The van der Waals surface area contributed by atoms with Gasteiger partial charge in [0.1, 0.15) is 5.82 Å². The van der Waals surface area contributed by atoms with E-state index in [-0.39, 0.29) is 18.4 Å². The van der Waals surface area contributed by atoms with E-state index in [1.807, 2.05) is 38.2 Å². The Balaban J connectivity index is 1.77. The zero-order valence-electron chi connectivity index (χ0n) is 15.8. The summed E-state index contributed by atoms with van der Waals surface area (Å²) in [4.78, 5) is 26.6. The van der Waals surface area contributed by atoms with Crippen LogP contribution in [0, 0.1) is 6.92 Å². The van der Waals surface area contributed by atoms with Crippen LogP contribution in [0.3, 0.4) is 0 Å². The minimum absolute atomic E-state index is 0.0687. The Labute approximate surface area is 168 Å². The Morgan fingerprint density at radius 1 is 1.19 bits per heavy atom. The van der Waals surface area contributed by atoms with Gasteiger partial charge in [-0.2, -0.15) is 5.10 Å². The van der Waals surface area contributed by atoms with E-state index in [9.17, 15) is 9.59 Å². The summed E-state index contributed by atoms with van der Waals surface area (Å²) in [6.45, 7) is 2.66. The minimum Gasteiger partial charge on any atom is -0.333 e. The van der Waals surface area contributed by atoms with Crippen molar-refractivity contribution >= 4 is 33.6 Å². The number of carbonyl (C=O) groups excluding carboxylic acids is 2. The molecule has 1 aliphatic heterocycles. The van der Waals surface area contributed by atoms with E-state index in [0.717, 1.165) is 47.0 Å². The molecule has 2 amide bonds. The van der Waals surface area contributed by atoms with Gasteiger partial charge in [0.05, 0.1) is 12.2 Å². The molecule has 1 aromatic carbocycles. The van der Waals surface area contributed by atoms with Crippen LogP contribution in [0.4, 0.5) is 5.82 Å². The fourth-order valence-electron chi connectivity index (χ4n) is 3.49. The van der Waals surface area contributed by atoms with Crippen LogP contribution in [-0.2, 0) is 16.6 Å². The van der Waals surface area contributed by atoms with Gasteiger partial charge in [-0.05, 0) is 37.5 Å². The minimum atomic E-state index is -0.190. The van der Waals surface area contributed by atoms with Crippen molar-refractivity contribution in [1.82, 2.24) is 14.7 Å². The predicted octanol–water partition coefficient (Wildman–Crippen LogP) is 3.89. The molecule has 0 radical (unpaired) electrons. The second-order valence-electron chi connectivity index (χ2n) is 6.97. The molecular weight excluding hydrogens is 408 g/mol. The molecule has 1 fully saturated rings. The summed E-state index contributed by atoms with van der Waals surface area (Å²) in [7, 11) is 1.81. The van der Waals surface area contributed by atoms with Gasteiger partial charge in [0.25, 0.3) is 0 Å². The van der Waals surface area contributed by atoms with Crippen molar-refractivity contribution in [2.75, 3.05) is 18.4 Å². The van der Waals surface area contributed by atoms with Crippen LogP contribution in [0.2, 0.25) is 0 Å². The van der Waals surface area contributed by atoms with E-state index in [2.05, 4.69) is 26.3 Å². The summed E-state index contributed by atoms with van der Waals surface area (Å²) in [5.41, 5.74) is 2.73. The second-order valence-corrected chi connectivity index (χ2v) is 7.88. The van der Waals surface area contributed by atoms with Gasteiger partial charge in [-0.15, -0.1) is 0 Å². The summed E-state index contributed by atoms with van der Waals surface area (Å²) < 4.78 is 2.67. The highest BCUT2D eigenvalue weighted by Gasteiger charge is 2.21. The van der Waals surface area contributed by atoms with Crippen molar-refractivity contribution in [3.8, 4) is 11.1 Å². The van der Waals surface area contributed by atoms with Gasteiger partial charge < -0.3 is 10.2 Å². The first-order valence-corrected chi connectivity index (χ1v) is 10.1. The summed E-state index contributed by atoms with van der Waals surface area (Å²) in [5, 5.41) is 7.43. The number of aryl methyl sites for hydroxylation is 2. The van der Waals surface area contributed by atoms with Gasteiger partial charge in [0, 0.05) is 30.0 Å². The molecule has 0 bridgehead atoms. The van der Waals surface area contributed by atoms with Gasteiger partial charge in [0.15, 0.2) is 0 Å². The Morgan fingerprint density at radius 3 is 2.63 bits per heavy atom. The highest BCUT2D eigenvalue weighted by molar-refractivity contribution is 9.10. The maximum Gasteiger partial charge on any atom is 0.245 e. The molecule has 1 N–H and O–H groups in total. The van der Waals surface area contributed by atoms with Gasteiger partial charge >= 0.3 is 0 Å². The Hall–Kier alpha value is -2.15. The lowest BCUT2D eigenvalue weighted by molar-refractivity contribution is -0.135. The first kappa shape index (κ1) is 19.6. The molecule has 0 aliphatic carbocycles. The third-order valence-electron chi connectivity index (χ3n) is 4.87. The molecule has 1 aliphatic rings. The lowest BCUT2D eigenvalue weighted by Crippen LogP contribution is -2.39. The fraction of sp³-hybridized carbons (Fsp3) is 0.450. The third-order valence-corrected chi connectivity index (χ3v) is 5.40. The smallest absolute Gasteiger partial charge is 0.245 e. The number of benzene rings is 1. The van der Waals surface area contributed by atoms with Crippen LogP contribution in [0.25, 0.3) is 11.1 Å². The Kier molecular flexibility index (Phi) is 6.31. The second kappa shape index (κ2) is 8.69. The molecule has 1 aromatic heterocycles. The number of hydrogen-bond acceptors (Lipinski definition) is 3. The predicted molar refractivity (Wildman–Crippen MR) is 109 cm³/mol. The van der Waals surface area contributed by atoms with Crippen LogP contribution in [0.15, 0.2) is 28.7 Å². The summed E-state index contributed by atoms with van der Waals surface area (Å²) >= 11 is 3.45. The fourth-order valence-corrected chi connectivity index (χ4v) is 3.76. The van der Waals surface area contributed by atoms with Gasteiger partial charge in [-0.1, -0.05) is 40.9 Å². The van der Waals surface area contributed by atoms with Gasteiger partial charge in [0.2, 0.25) is 11.8 Å². The molecule has 2 heterocycles. The normalized spacial score (nSPS) is 15.4. The SMILES string of the molecule is Cc1nn(C)c(NC(=O)CN2CCCCCCC2=O)c1-c1ccc(Br)cc1. The van der Waals surface area contributed by atoms with E-state index in [1.165, 1.54) is 0 Å². The van der Waals surface area contributed by atoms with Crippen molar-refractivity contribution in [2.45, 2.75) is 39.0 Å². The number of amides is 2. The van der Waals surface area contributed by atoms with Crippen molar-refractivity contribution in [1.29, 1.82) is 0 Å².